The Balaban J connectivity index is 1.31. The van der Waals surface area contributed by atoms with Gasteiger partial charge in [0.1, 0.15) is 12.4 Å². The number of hydrogen-bond donors (Lipinski definition) is 3. The number of carbonyl (C=O) groups excluding carboxylic acids is 1. The SMILES string of the molecule is Nn1c(N/N=C/c2ccccc2OCc2ccccc2Cl)nnc1SCC(=O)Nc1cccc(C(F)(F)F)c1. The van der Waals surface area contributed by atoms with Crippen molar-refractivity contribution in [3.05, 3.63) is 94.5 Å². The number of nitrogens with zero attached hydrogens (tertiary/aromatic N) is 4. The van der Waals surface area contributed by atoms with Crippen LogP contribution in [0.2, 0.25) is 5.02 Å². The number of hydrazone groups is 1. The molecular weight excluding hydrogens is 555 g/mol. The summed E-state index contributed by atoms with van der Waals surface area (Å²) in [6, 6.07) is 19.0. The zero-order valence-corrected chi connectivity index (χ0v) is 21.6. The Morgan fingerprint density at radius 1 is 1.10 bits per heavy atom. The molecular formula is C25H21ClF3N7O2S. The fraction of sp³-hybridized carbons (Fsp3) is 0.120. The van der Waals surface area contributed by atoms with Gasteiger partial charge >= 0.3 is 6.18 Å². The van der Waals surface area contributed by atoms with Crippen LogP contribution in [0.3, 0.4) is 0 Å². The third-order valence-corrected chi connectivity index (χ3v) is 6.41. The maximum atomic E-state index is 12.9. The van der Waals surface area contributed by atoms with E-state index in [1.165, 1.54) is 18.3 Å². The van der Waals surface area contributed by atoms with Crippen molar-refractivity contribution in [3.63, 3.8) is 0 Å². The number of halogens is 4. The van der Waals surface area contributed by atoms with Crippen LogP contribution >= 0.6 is 23.4 Å². The summed E-state index contributed by atoms with van der Waals surface area (Å²) in [4.78, 5) is 12.2. The highest BCUT2D eigenvalue weighted by atomic mass is 35.5. The van der Waals surface area contributed by atoms with Crippen molar-refractivity contribution in [1.82, 2.24) is 14.9 Å². The van der Waals surface area contributed by atoms with Crippen molar-refractivity contribution < 1.29 is 22.7 Å². The lowest BCUT2D eigenvalue weighted by atomic mass is 10.2. The topological polar surface area (TPSA) is 119 Å². The first kappa shape index (κ1) is 27.8. The number of nitrogens with two attached hydrogens (primary N) is 1. The van der Waals surface area contributed by atoms with Gasteiger partial charge in [-0.25, -0.2) is 10.1 Å². The zero-order chi connectivity index (χ0) is 27.8. The number of amides is 1. The number of alkyl halides is 3. The molecule has 1 heterocycles. The summed E-state index contributed by atoms with van der Waals surface area (Å²) in [5, 5.41) is 15.1. The van der Waals surface area contributed by atoms with Gasteiger partial charge in [-0.15, -0.1) is 10.2 Å². The molecule has 0 bridgehead atoms. The van der Waals surface area contributed by atoms with E-state index >= 15 is 0 Å². The molecule has 0 saturated heterocycles. The number of rotatable bonds is 10. The normalized spacial score (nSPS) is 11.5. The lowest BCUT2D eigenvalue weighted by molar-refractivity contribution is -0.137. The number of aromatic nitrogens is 3. The summed E-state index contributed by atoms with van der Waals surface area (Å²) in [5.74, 6) is 5.97. The first-order chi connectivity index (χ1) is 18.7. The lowest BCUT2D eigenvalue weighted by Gasteiger charge is -2.10. The van der Waals surface area contributed by atoms with Crippen LogP contribution in [0.4, 0.5) is 24.8 Å². The van der Waals surface area contributed by atoms with E-state index in [4.69, 9.17) is 22.2 Å². The van der Waals surface area contributed by atoms with E-state index in [0.29, 0.717) is 16.3 Å². The molecule has 4 aromatic rings. The quantitative estimate of drug-likeness (QED) is 0.0999. The molecule has 0 aliphatic carbocycles. The molecule has 0 spiro atoms. The summed E-state index contributed by atoms with van der Waals surface area (Å²) >= 11 is 7.14. The predicted octanol–water partition coefficient (Wildman–Crippen LogP) is 5.42. The van der Waals surface area contributed by atoms with Crippen LogP contribution in [0.5, 0.6) is 5.75 Å². The van der Waals surface area contributed by atoms with Gasteiger partial charge in [0.25, 0.3) is 5.95 Å². The Hall–Kier alpha value is -4.23. The Bertz CT molecular complexity index is 1480. The van der Waals surface area contributed by atoms with Gasteiger partial charge in [-0.3, -0.25) is 4.79 Å². The van der Waals surface area contributed by atoms with Crippen LogP contribution in [-0.2, 0) is 17.6 Å². The molecule has 3 aromatic carbocycles. The average molecular weight is 576 g/mol. The molecule has 0 atom stereocenters. The molecule has 14 heteroatoms. The number of thioether (sulfide) groups is 1. The van der Waals surface area contributed by atoms with Crippen molar-refractivity contribution >= 4 is 47.1 Å². The van der Waals surface area contributed by atoms with Crippen LogP contribution < -0.4 is 21.3 Å². The summed E-state index contributed by atoms with van der Waals surface area (Å²) in [5.41, 5.74) is 3.36. The van der Waals surface area contributed by atoms with Crippen molar-refractivity contribution in [3.8, 4) is 5.75 Å². The first-order valence-corrected chi connectivity index (χ1v) is 12.6. The van der Waals surface area contributed by atoms with E-state index < -0.39 is 17.6 Å². The second-order valence-electron chi connectivity index (χ2n) is 7.88. The maximum Gasteiger partial charge on any atom is 0.416 e. The maximum absolute atomic E-state index is 12.9. The average Bonchev–Trinajstić information content (AvgIpc) is 3.26. The lowest BCUT2D eigenvalue weighted by Crippen LogP contribution is -2.17. The fourth-order valence-electron chi connectivity index (χ4n) is 3.20. The molecule has 0 saturated carbocycles. The van der Waals surface area contributed by atoms with Crippen molar-refractivity contribution in [2.75, 3.05) is 22.3 Å². The van der Waals surface area contributed by atoms with Gasteiger partial charge < -0.3 is 15.9 Å². The smallest absolute Gasteiger partial charge is 0.416 e. The van der Waals surface area contributed by atoms with Crippen LogP contribution in [0, 0.1) is 0 Å². The molecule has 39 heavy (non-hydrogen) atoms. The van der Waals surface area contributed by atoms with Gasteiger partial charge in [0.05, 0.1) is 17.5 Å². The molecule has 0 aliphatic heterocycles. The Morgan fingerprint density at radius 3 is 2.67 bits per heavy atom. The van der Waals surface area contributed by atoms with Crippen LogP contribution in [-0.4, -0.2) is 32.7 Å². The largest absolute Gasteiger partial charge is 0.488 e. The number of hydrogen-bond acceptors (Lipinski definition) is 8. The van der Waals surface area contributed by atoms with Crippen molar-refractivity contribution in [2.24, 2.45) is 5.10 Å². The number of para-hydroxylation sites is 1. The fourth-order valence-corrected chi connectivity index (χ4v) is 4.05. The summed E-state index contributed by atoms with van der Waals surface area (Å²) < 4.78 is 45.6. The summed E-state index contributed by atoms with van der Waals surface area (Å²) in [7, 11) is 0. The van der Waals surface area contributed by atoms with Crippen molar-refractivity contribution in [1.29, 1.82) is 0 Å². The second kappa shape index (κ2) is 12.5. The molecule has 1 amide bonds. The second-order valence-corrected chi connectivity index (χ2v) is 9.23. The van der Waals surface area contributed by atoms with Gasteiger partial charge in [-0.2, -0.15) is 18.3 Å². The molecule has 0 radical (unpaired) electrons. The number of carbonyl (C=O) groups is 1. The third-order valence-electron chi connectivity index (χ3n) is 5.10. The van der Waals surface area contributed by atoms with E-state index in [0.717, 1.165) is 34.1 Å². The monoisotopic (exact) mass is 575 g/mol. The van der Waals surface area contributed by atoms with Gasteiger partial charge in [-0.05, 0) is 36.4 Å². The summed E-state index contributed by atoms with van der Waals surface area (Å²) in [6.07, 6.45) is -2.99. The minimum absolute atomic E-state index is 0.0254. The molecule has 4 rings (SSSR count). The highest BCUT2D eigenvalue weighted by Crippen LogP contribution is 2.30. The van der Waals surface area contributed by atoms with Gasteiger partial charge in [0.15, 0.2) is 0 Å². The number of benzene rings is 3. The highest BCUT2D eigenvalue weighted by Gasteiger charge is 2.30. The minimum Gasteiger partial charge on any atom is -0.488 e. The van der Waals surface area contributed by atoms with Gasteiger partial charge in [0.2, 0.25) is 11.1 Å². The zero-order valence-electron chi connectivity index (χ0n) is 20.0. The predicted molar refractivity (Wildman–Crippen MR) is 144 cm³/mol. The highest BCUT2D eigenvalue weighted by molar-refractivity contribution is 7.99. The molecule has 0 unspecified atom stereocenters. The van der Waals surface area contributed by atoms with Crippen LogP contribution in [0.1, 0.15) is 16.7 Å². The van der Waals surface area contributed by atoms with Crippen LogP contribution in [0.25, 0.3) is 0 Å². The van der Waals surface area contributed by atoms with Crippen LogP contribution in [0.15, 0.2) is 83.1 Å². The molecule has 9 nitrogen and oxygen atoms in total. The van der Waals surface area contributed by atoms with E-state index in [9.17, 15) is 18.0 Å². The van der Waals surface area contributed by atoms with E-state index in [2.05, 4.69) is 26.0 Å². The molecule has 1 aromatic heterocycles. The first-order valence-electron chi connectivity index (χ1n) is 11.3. The molecule has 0 aliphatic rings. The van der Waals surface area contributed by atoms with E-state index in [-0.39, 0.29) is 29.2 Å². The van der Waals surface area contributed by atoms with Gasteiger partial charge in [-0.1, -0.05) is 59.8 Å². The minimum atomic E-state index is -4.51. The Morgan fingerprint density at radius 2 is 1.87 bits per heavy atom. The van der Waals surface area contributed by atoms with Gasteiger partial charge in [0, 0.05) is 21.8 Å². The molecule has 202 valence electrons. The third kappa shape index (κ3) is 7.65. The molecule has 4 N–H and O–H groups in total. The number of nitrogen functional groups attached to an aromatic ring is 1. The standard InChI is InChI=1S/C25H21ClF3N7O2S/c26-20-10-3-1-7-17(20)14-38-21-11-4-2-6-16(21)13-31-33-23-34-35-24(36(23)30)39-15-22(37)32-19-9-5-8-18(12-19)25(27,28)29/h1-13H,14-15,30H2,(H,32,37)(H,33,34)/b31-13+. The number of nitrogens with one attached hydrogen (secondary N) is 2. The van der Waals surface area contributed by atoms with E-state index in [1.54, 1.807) is 12.1 Å². The summed E-state index contributed by atoms with van der Waals surface area (Å²) in [6.45, 7) is 0.275. The Kier molecular flexibility index (Phi) is 8.94. The Labute approximate surface area is 230 Å². The van der Waals surface area contributed by atoms with E-state index in [1.807, 2.05) is 36.4 Å². The van der Waals surface area contributed by atoms with Crippen molar-refractivity contribution in [2.45, 2.75) is 17.9 Å². The molecule has 0 fully saturated rings. The number of anilines is 2. The number of ether oxygens (including phenoxy) is 1.